The second-order valence-corrected chi connectivity index (χ2v) is 6.90. The van der Waals surface area contributed by atoms with E-state index in [4.69, 9.17) is 4.74 Å². The highest BCUT2D eigenvalue weighted by molar-refractivity contribution is 6.01. The van der Waals surface area contributed by atoms with E-state index in [9.17, 15) is 9.59 Å². The van der Waals surface area contributed by atoms with E-state index >= 15 is 0 Å². The van der Waals surface area contributed by atoms with E-state index in [1.165, 1.54) is 0 Å². The van der Waals surface area contributed by atoms with Gasteiger partial charge in [-0.2, -0.15) is 0 Å². The number of hydrogen-bond acceptors (Lipinski definition) is 4. The Morgan fingerprint density at radius 1 is 1.33 bits per heavy atom. The summed E-state index contributed by atoms with van der Waals surface area (Å²) >= 11 is 0. The van der Waals surface area contributed by atoms with Crippen molar-refractivity contribution >= 4 is 12.0 Å². The third-order valence-electron chi connectivity index (χ3n) is 4.93. The SMILES string of the molecule is Cc1nc(C2CCCN(C(=O)C3=Cc4ccccc4OC=C3)C2)cc(=O)[nH]1. The molecule has 27 heavy (non-hydrogen) atoms. The lowest BCUT2D eigenvalue weighted by atomic mass is 9.94. The van der Waals surface area contributed by atoms with Crippen LogP contribution in [0.5, 0.6) is 5.75 Å². The number of ether oxygens (including phenoxy) is 1. The van der Waals surface area contributed by atoms with Crippen molar-refractivity contribution in [1.82, 2.24) is 14.9 Å². The van der Waals surface area contributed by atoms with Gasteiger partial charge in [-0.05, 0) is 38.0 Å². The quantitative estimate of drug-likeness (QED) is 0.890. The van der Waals surface area contributed by atoms with E-state index < -0.39 is 0 Å². The van der Waals surface area contributed by atoms with Gasteiger partial charge in [-0.1, -0.05) is 18.2 Å². The van der Waals surface area contributed by atoms with Crippen molar-refractivity contribution < 1.29 is 9.53 Å². The van der Waals surface area contributed by atoms with Crippen LogP contribution in [0.25, 0.3) is 6.08 Å². The van der Waals surface area contributed by atoms with Crippen LogP contribution in [0.1, 0.15) is 35.8 Å². The number of H-pyrrole nitrogens is 1. The lowest BCUT2D eigenvalue weighted by Crippen LogP contribution is -2.40. The van der Waals surface area contributed by atoms with Gasteiger partial charge in [0.15, 0.2) is 0 Å². The predicted molar refractivity (Wildman–Crippen MR) is 102 cm³/mol. The fraction of sp³-hybridized carbons (Fsp3) is 0.286. The highest BCUT2D eigenvalue weighted by atomic mass is 16.5. The van der Waals surface area contributed by atoms with Crippen LogP contribution in [-0.4, -0.2) is 33.9 Å². The van der Waals surface area contributed by atoms with Crippen molar-refractivity contribution in [3.63, 3.8) is 0 Å². The average molecular weight is 363 g/mol. The van der Waals surface area contributed by atoms with Crippen molar-refractivity contribution in [1.29, 1.82) is 0 Å². The minimum Gasteiger partial charge on any atom is -0.464 e. The summed E-state index contributed by atoms with van der Waals surface area (Å²) < 4.78 is 5.58. The second kappa shape index (κ2) is 7.23. The highest BCUT2D eigenvalue weighted by Crippen LogP contribution is 2.28. The number of benzene rings is 1. The maximum atomic E-state index is 13.1. The Balaban J connectivity index is 1.57. The highest BCUT2D eigenvalue weighted by Gasteiger charge is 2.27. The van der Waals surface area contributed by atoms with Gasteiger partial charge >= 0.3 is 0 Å². The number of aryl methyl sites for hydroxylation is 1. The summed E-state index contributed by atoms with van der Waals surface area (Å²) in [5, 5.41) is 0. The Kier molecular flexibility index (Phi) is 4.62. The summed E-state index contributed by atoms with van der Waals surface area (Å²) in [4.78, 5) is 33.8. The Morgan fingerprint density at radius 3 is 3.04 bits per heavy atom. The molecule has 0 aliphatic carbocycles. The lowest BCUT2D eigenvalue weighted by Gasteiger charge is -2.32. The molecule has 1 aromatic carbocycles. The van der Waals surface area contributed by atoms with Gasteiger partial charge in [0.25, 0.3) is 11.5 Å². The molecule has 1 saturated heterocycles. The summed E-state index contributed by atoms with van der Waals surface area (Å²) in [6, 6.07) is 9.17. The number of fused-ring (bicyclic) bond motifs is 1. The monoisotopic (exact) mass is 363 g/mol. The predicted octanol–water partition coefficient (Wildman–Crippen LogP) is 2.77. The van der Waals surface area contributed by atoms with Gasteiger partial charge < -0.3 is 14.6 Å². The number of carbonyl (C=O) groups is 1. The first-order valence-electron chi connectivity index (χ1n) is 9.11. The molecule has 0 radical (unpaired) electrons. The van der Waals surface area contributed by atoms with Gasteiger partial charge in [-0.3, -0.25) is 9.59 Å². The van der Waals surface area contributed by atoms with Gasteiger partial charge in [0.1, 0.15) is 11.6 Å². The summed E-state index contributed by atoms with van der Waals surface area (Å²) in [5.41, 5.74) is 2.08. The number of piperidine rings is 1. The number of nitrogens with zero attached hydrogens (tertiary/aromatic N) is 2. The Labute approximate surface area is 157 Å². The van der Waals surface area contributed by atoms with Gasteiger partial charge in [-0.25, -0.2) is 4.98 Å². The van der Waals surface area contributed by atoms with Gasteiger partial charge in [0.2, 0.25) is 0 Å². The molecule has 6 nitrogen and oxygen atoms in total. The fourth-order valence-corrected chi connectivity index (χ4v) is 3.63. The Morgan fingerprint density at radius 2 is 2.19 bits per heavy atom. The minimum absolute atomic E-state index is 0.0298. The van der Waals surface area contributed by atoms with E-state index in [0.717, 1.165) is 29.8 Å². The Bertz CT molecular complexity index is 990. The van der Waals surface area contributed by atoms with Crippen LogP contribution >= 0.6 is 0 Å². The zero-order chi connectivity index (χ0) is 18.8. The number of para-hydroxylation sites is 1. The maximum Gasteiger partial charge on any atom is 0.254 e. The molecular weight excluding hydrogens is 342 g/mol. The van der Waals surface area contributed by atoms with Crippen LogP contribution in [0.4, 0.5) is 0 Å². The molecule has 2 aliphatic heterocycles. The molecule has 0 spiro atoms. The number of aromatic nitrogens is 2. The molecule has 0 saturated carbocycles. The van der Waals surface area contributed by atoms with E-state index in [2.05, 4.69) is 9.97 Å². The summed E-state index contributed by atoms with van der Waals surface area (Å²) in [6.07, 6.45) is 6.93. The second-order valence-electron chi connectivity index (χ2n) is 6.90. The zero-order valence-electron chi connectivity index (χ0n) is 15.1. The summed E-state index contributed by atoms with van der Waals surface area (Å²) in [6.45, 7) is 3.03. The van der Waals surface area contributed by atoms with E-state index in [0.29, 0.717) is 24.5 Å². The van der Waals surface area contributed by atoms with Crippen molar-refractivity contribution in [2.24, 2.45) is 0 Å². The number of nitrogens with one attached hydrogen (secondary N) is 1. The molecule has 2 aromatic rings. The standard InChI is InChI=1S/C21H21N3O3/c1-14-22-18(12-20(25)23-14)17-6-4-9-24(13-17)21(26)16-8-10-27-19-7-3-2-5-15(19)11-16/h2-3,5,7-8,10-12,17H,4,6,9,13H2,1H3,(H,22,23,25). The van der Waals surface area contributed by atoms with Crippen LogP contribution in [0, 0.1) is 6.92 Å². The third kappa shape index (κ3) is 3.69. The van der Waals surface area contributed by atoms with Gasteiger partial charge in [0, 0.05) is 36.2 Å². The molecular formula is C21H21N3O3. The lowest BCUT2D eigenvalue weighted by molar-refractivity contribution is -0.127. The summed E-state index contributed by atoms with van der Waals surface area (Å²) in [5.74, 6) is 1.38. The molecule has 4 rings (SSSR count). The van der Waals surface area contributed by atoms with Crippen molar-refractivity contribution in [3.05, 3.63) is 75.7 Å². The van der Waals surface area contributed by atoms with Crippen LogP contribution in [0.15, 0.2) is 53.0 Å². The molecule has 2 aliphatic rings. The van der Waals surface area contributed by atoms with E-state index in [1.807, 2.05) is 35.2 Å². The molecule has 1 atom stereocenters. The van der Waals surface area contributed by atoms with Crippen LogP contribution < -0.4 is 10.3 Å². The zero-order valence-corrected chi connectivity index (χ0v) is 15.1. The van der Waals surface area contributed by atoms with Crippen molar-refractivity contribution in [3.8, 4) is 5.75 Å². The number of amides is 1. The van der Waals surface area contributed by atoms with E-state index in [-0.39, 0.29) is 17.4 Å². The smallest absolute Gasteiger partial charge is 0.254 e. The number of hydrogen-bond donors (Lipinski definition) is 1. The third-order valence-corrected chi connectivity index (χ3v) is 4.93. The van der Waals surface area contributed by atoms with Crippen molar-refractivity contribution in [2.45, 2.75) is 25.7 Å². The molecule has 6 heteroatoms. The largest absolute Gasteiger partial charge is 0.464 e. The normalized spacial score (nSPS) is 18.9. The number of carbonyl (C=O) groups excluding carboxylic acids is 1. The van der Waals surface area contributed by atoms with Crippen LogP contribution in [0.2, 0.25) is 0 Å². The molecule has 0 bridgehead atoms. The molecule has 1 amide bonds. The molecule has 3 heterocycles. The maximum absolute atomic E-state index is 13.1. The first-order valence-corrected chi connectivity index (χ1v) is 9.11. The molecule has 1 aromatic heterocycles. The van der Waals surface area contributed by atoms with Gasteiger partial charge in [-0.15, -0.1) is 0 Å². The number of rotatable bonds is 2. The molecule has 1 fully saturated rings. The molecule has 138 valence electrons. The van der Waals surface area contributed by atoms with Crippen LogP contribution in [0.3, 0.4) is 0 Å². The average Bonchev–Trinajstić information content (AvgIpc) is 2.89. The van der Waals surface area contributed by atoms with Crippen molar-refractivity contribution in [2.75, 3.05) is 13.1 Å². The fourth-order valence-electron chi connectivity index (χ4n) is 3.63. The molecule has 1 N–H and O–H groups in total. The molecule has 1 unspecified atom stereocenters. The van der Waals surface area contributed by atoms with E-state index in [1.54, 1.807) is 25.3 Å². The number of likely N-dealkylation sites (tertiary alicyclic amines) is 1. The first-order chi connectivity index (χ1) is 13.1. The van der Waals surface area contributed by atoms with Gasteiger partial charge in [0.05, 0.1) is 12.0 Å². The first kappa shape index (κ1) is 17.3. The van der Waals surface area contributed by atoms with Crippen LogP contribution in [-0.2, 0) is 4.79 Å². The minimum atomic E-state index is -0.149. The Hall–Kier alpha value is -3.15. The topological polar surface area (TPSA) is 75.3 Å². The number of aromatic amines is 1. The summed E-state index contributed by atoms with van der Waals surface area (Å²) in [7, 11) is 0.